The van der Waals surface area contributed by atoms with Crippen LogP contribution in [0.25, 0.3) is 0 Å². The first-order valence-corrected chi connectivity index (χ1v) is 8.61. The van der Waals surface area contributed by atoms with Gasteiger partial charge in [0, 0.05) is 5.69 Å². The number of rotatable bonds is 2. The van der Waals surface area contributed by atoms with Gasteiger partial charge >= 0.3 is 0 Å². The molecule has 0 radical (unpaired) electrons. The fourth-order valence-electron chi connectivity index (χ4n) is 2.38. The molecule has 1 atom stereocenters. The highest BCUT2D eigenvalue weighted by atomic mass is 32.2. The molecule has 2 aromatic rings. The van der Waals surface area contributed by atoms with Crippen LogP contribution in [0.3, 0.4) is 0 Å². The predicted molar refractivity (Wildman–Crippen MR) is 88.7 cm³/mol. The van der Waals surface area contributed by atoms with Gasteiger partial charge in [-0.25, -0.2) is 8.42 Å². The van der Waals surface area contributed by atoms with Crippen molar-refractivity contribution in [1.29, 1.82) is 0 Å². The second-order valence-electron chi connectivity index (χ2n) is 5.48. The third-order valence-electron chi connectivity index (χ3n) is 3.79. The summed E-state index contributed by atoms with van der Waals surface area (Å²) in [5.41, 5.74) is 3.20. The van der Waals surface area contributed by atoms with Crippen molar-refractivity contribution in [3.63, 3.8) is 0 Å². The van der Waals surface area contributed by atoms with Crippen molar-refractivity contribution in [3.8, 4) is 0 Å². The molecular formula is C16H17N3O3S. The third kappa shape index (κ3) is 3.06. The molecular weight excluding hydrogens is 314 g/mol. The molecule has 0 aliphatic carbocycles. The van der Waals surface area contributed by atoms with Crippen LogP contribution in [-0.4, -0.2) is 20.5 Å². The summed E-state index contributed by atoms with van der Waals surface area (Å²) in [5.74, 6) is -0.466. The van der Waals surface area contributed by atoms with Crippen LogP contribution in [0.5, 0.6) is 0 Å². The largest absolute Gasteiger partial charge is 0.360 e. The quantitative estimate of drug-likeness (QED) is 0.785. The lowest BCUT2D eigenvalue weighted by atomic mass is 10.1. The van der Waals surface area contributed by atoms with Gasteiger partial charge in [0.25, 0.3) is 5.91 Å². The number of nitrogens with one attached hydrogen (secondary N) is 3. The van der Waals surface area contributed by atoms with E-state index < -0.39 is 22.1 Å². The number of benzene rings is 2. The first-order valence-electron chi connectivity index (χ1n) is 7.13. The predicted octanol–water partition coefficient (Wildman–Crippen LogP) is 1.97. The monoisotopic (exact) mass is 331 g/mol. The highest BCUT2D eigenvalue weighted by molar-refractivity contribution is 7.89. The molecule has 0 aromatic heterocycles. The topological polar surface area (TPSA) is 87.3 Å². The van der Waals surface area contributed by atoms with Crippen molar-refractivity contribution >= 4 is 27.3 Å². The van der Waals surface area contributed by atoms with Crippen molar-refractivity contribution in [1.82, 2.24) is 4.72 Å². The van der Waals surface area contributed by atoms with E-state index in [0.29, 0.717) is 11.4 Å². The number of aryl methyl sites for hydroxylation is 2. The van der Waals surface area contributed by atoms with Gasteiger partial charge in [-0.2, -0.15) is 4.72 Å². The average Bonchev–Trinajstić information content (AvgIpc) is 2.50. The number of anilines is 2. The Kier molecular flexibility index (Phi) is 3.83. The van der Waals surface area contributed by atoms with E-state index in [2.05, 4.69) is 15.4 Å². The van der Waals surface area contributed by atoms with Crippen LogP contribution < -0.4 is 15.4 Å². The first kappa shape index (κ1) is 15.5. The summed E-state index contributed by atoms with van der Waals surface area (Å²) < 4.78 is 26.8. The zero-order chi connectivity index (χ0) is 16.6. The summed E-state index contributed by atoms with van der Waals surface area (Å²) in [6.07, 6.45) is -1.06. The van der Waals surface area contributed by atoms with Crippen LogP contribution >= 0.6 is 0 Å². The Morgan fingerprint density at radius 2 is 1.83 bits per heavy atom. The lowest BCUT2D eigenvalue weighted by Gasteiger charge is -2.27. The van der Waals surface area contributed by atoms with E-state index in [1.165, 1.54) is 6.07 Å². The van der Waals surface area contributed by atoms with E-state index in [1.807, 2.05) is 26.0 Å². The highest BCUT2D eigenvalue weighted by Crippen LogP contribution is 2.25. The molecule has 0 fully saturated rings. The number of sulfonamides is 1. The maximum Gasteiger partial charge on any atom is 0.262 e. The molecule has 1 amide bonds. The van der Waals surface area contributed by atoms with Crippen molar-refractivity contribution in [2.45, 2.75) is 24.9 Å². The molecule has 3 rings (SSSR count). The molecule has 1 aliphatic heterocycles. The summed E-state index contributed by atoms with van der Waals surface area (Å²) in [7, 11) is -3.72. The minimum atomic E-state index is -3.72. The maximum absolute atomic E-state index is 12.4. The SMILES string of the molecule is Cc1ccc(NC(=O)C2Nc3ccccc3S(=O)(=O)N2)cc1C. The second-order valence-corrected chi connectivity index (χ2v) is 7.17. The second kappa shape index (κ2) is 5.68. The summed E-state index contributed by atoms with van der Waals surface area (Å²) in [4.78, 5) is 12.5. The number of para-hydroxylation sites is 1. The van der Waals surface area contributed by atoms with Gasteiger partial charge in [0.1, 0.15) is 4.90 Å². The molecule has 0 saturated carbocycles. The van der Waals surface area contributed by atoms with E-state index >= 15 is 0 Å². The lowest BCUT2D eigenvalue weighted by molar-refractivity contribution is -0.117. The maximum atomic E-state index is 12.4. The number of carbonyl (C=O) groups is 1. The highest BCUT2D eigenvalue weighted by Gasteiger charge is 2.32. The molecule has 120 valence electrons. The molecule has 1 aliphatic rings. The van der Waals surface area contributed by atoms with Gasteiger partial charge in [-0.15, -0.1) is 0 Å². The minimum absolute atomic E-state index is 0.134. The Bertz CT molecular complexity index is 878. The Balaban J connectivity index is 1.83. The summed E-state index contributed by atoms with van der Waals surface area (Å²) in [5, 5.41) is 5.62. The molecule has 2 aromatic carbocycles. The number of carbonyl (C=O) groups excluding carboxylic acids is 1. The Hall–Kier alpha value is -2.38. The van der Waals surface area contributed by atoms with Crippen molar-refractivity contribution in [3.05, 3.63) is 53.6 Å². The molecule has 7 heteroatoms. The normalized spacial score (nSPS) is 18.6. The lowest BCUT2D eigenvalue weighted by Crippen LogP contribution is -2.51. The Morgan fingerprint density at radius 1 is 1.09 bits per heavy atom. The number of amides is 1. The third-order valence-corrected chi connectivity index (χ3v) is 5.27. The van der Waals surface area contributed by atoms with Gasteiger partial charge in [-0.3, -0.25) is 4.79 Å². The van der Waals surface area contributed by atoms with Crippen molar-refractivity contribution in [2.75, 3.05) is 10.6 Å². The molecule has 1 heterocycles. The van der Waals surface area contributed by atoms with E-state index in [4.69, 9.17) is 0 Å². The van der Waals surface area contributed by atoms with E-state index in [-0.39, 0.29) is 4.90 Å². The van der Waals surface area contributed by atoms with Crippen LogP contribution in [0.1, 0.15) is 11.1 Å². The number of hydrogen-bond donors (Lipinski definition) is 3. The minimum Gasteiger partial charge on any atom is -0.360 e. The van der Waals surface area contributed by atoms with Gasteiger partial charge < -0.3 is 10.6 Å². The average molecular weight is 331 g/mol. The fourth-order valence-corrected chi connectivity index (χ4v) is 3.65. The smallest absolute Gasteiger partial charge is 0.262 e. The van der Waals surface area contributed by atoms with E-state index in [9.17, 15) is 13.2 Å². The summed E-state index contributed by atoms with van der Waals surface area (Å²) in [6, 6.07) is 12.0. The molecule has 0 bridgehead atoms. The molecule has 6 nitrogen and oxygen atoms in total. The van der Waals surface area contributed by atoms with Crippen LogP contribution in [0.15, 0.2) is 47.4 Å². The van der Waals surface area contributed by atoms with E-state index in [1.54, 1.807) is 24.3 Å². The van der Waals surface area contributed by atoms with Gasteiger partial charge in [0.05, 0.1) is 5.69 Å². The molecule has 1 unspecified atom stereocenters. The summed E-state index contributed by atoms with van der Waals surface area (Å²) in [6.45, 7) is 3.93. The Morgan fingerprint density at radius 3 is 2.57 bits per heavy atom. The van der Waals surface area contributed by atoms with Gasteiger partial charge in [-0.05, 0) is 49.2 Å². The number of hydrogen-bond acceptors (Lipinski definition) is 4. The standard InChI is InChI=1S/C16H17N3O3S/c1-10-7-8-12(9-11(10)2)17-16(20)15-18-13-5-3-4-6-14(13)23(21,22)19-15/h3-9,15,18-19H,1-2H3,(H,17,20). The van der Waals surface area contributed by atoms with Crippen molar-refractivity contribution in [2.24, 2.45) is 0 Å². The van der Waals surface area contributed by atoms with Crippen LogP contribution in [0, 0.1) is 13.8 Å². The summed E-state index contributed by atoms with van der Waals surface area (Å²) >= 11 is 0. The van der Waals surface area contributed by atoms with Crippen LogP contribution in [0.4, 0.5) is 11.4 Å². The fraction of sp³-hybridized carbons (Fsp3) is 0.188. The van der Waals surface area contributed by atoms with Crippen molar-refractivity contribution < 1.29 is 13.2 Å². The molecule has 0 spiro atoms. The van der Waals surface area contributed by atoms with Gasteiger partial charge in [-0.1, -0.05) is 18.2 Å². The van der Waals surface area contributed by atoms with E-state index in [0.717, 1.165) is 11.1 Å². The molecule has 3 N–H and O–H groups in total. The molecule has 23 heavy (non-hydrogen) atoms. The number of fused-ring (bicyclic) bond motifs is 1. The zero-order valence-corrected chi connectivity index (χ0v) is 13.6. The van der Waals surface area contributed by atoms with Gasteiger partial charge in [0.15, 0.2) is 6.17 Å². The van der Waals surface area contributed by atoms with Crippen LogP contribution in [0.2, 0.25) is 0 Å². The molecule has 0 saturated heterocycles. The Labute approximate surface area is 135 Å². The van der Waals surface area contributed by atoms with Gasteiger partial charge in [0.2, 0.25) is 10.0 Å². The van der Waals surface area contributed by atoms with Crippen LogP contribution in [-0.2, 0) is 14.8 Å². The first-order chi connectivity index (χ1) is 10.9. The zero-order valence-electron chi connectivity index (χ0n) is 12.8.